The Balaban J connectivity index is 2.35. The Hall–Kier alpha value is -1.28. The van der Waals surface area contributed by atoms with Crippen LogP contribution in [0.2, 0.25) is 0 Å². The monoisotopic (exact) mass is 330 g/mol. The molecule has 0 amide bonds. The molecule has 0 aliphatic carbocycles. The molecule has 0 radical (unpaired) electrons. The fourth-order valence-corrected chi connectivity index (χ4v) is 2.38. The van der Waals surface area contributed by atoms with E-state index >= 15 is 0 Å². The molecule has 0 unspecified atom stereocenters. The predicted octanol–water partition coefficient (Wildman–Crippen LogP) is 2.28. The average Bonchev–Trinajstić information content (AvgIpc) is 2.91. The van der Waals surface area contributed by atoms with Crippen molar-refractivity contribution in [3.8, 4) is 5.13 Å². The van der Waals surface area contributed by atoms with Crippen molar-refractivity contribution in [3.05, 3.63) is 20.9 Å². The van der Waals surface area contributed by atoms with Gasteiger partial charge < -0.3 is 4.74 Å². The van der Waals surface area contributed by atoms with Crippen LogP contribution in [0.1, 0.15) is 28.1 Å². The third-order valence-electron chi connectivity index (χ3n) is 2.25. The van der Waals surface area contributed by atoms with Crippen LogP contribution in [-0.2, 0) is 4.74 Å². The summed E-state index contributed by atoms with van der Waals surface area (Å²) < 4.78 is 7.45. The lowest BCUT2D eigenvalue weighted by molar-refractivity contribution is 0.0525. The standard InChI is InChI=1S/C10H11BrN4O2S/c1-4-17-9(16)8-12-13-10(18-8)15-6(3)7(11)5(2)14-15/h4H2,1-3H3. The van der Waals surface area contributed by atoms with E-state index in [9.17, 15) is 4.79 Å². The molecule has 0 aromatic carbocycles. The van der Waals surface area contributed by atoms with E-state index in [4.69, 9.17) is 4.74 Å². The number of ether oxygens (including phenoxy) is 1. The Bertz CT molecular complexity index is 593. The molecule has 2 aromatic rings. The van der Waals surface area contributed by atoms with E-state index in [0.717, 1.165) is 27.2 Å². The fraction of sp³-hybridized carbons (Fsp3) is 0.400. The molecule has 18 heavy (non-hydrogen) atoms. The lowest BCUT2D eigenvalue weighted by Crippen LogP contribution is -2.03. The van der Waals surface area contributed by atoms with E-state index in [-0.39, 0.29) is 5.01 Å². The lowest BCUT2D eigenvalue weighted by Gasteiger charge is -1.97. The quantitative estimate of drug-likeness (QED) is 0.807. The Morgan fingerprint density at radius 3 is 2.72 bits per heavy atom. The molecule has 0 saturated carbocycles. The van der Waals surface area contributed by atoms with Crippen molar-refractivity contribution < 1.29 is 9.53 Å². The van der Waals surface area contributed by atoms with Crippen molar-refractivity contribution in [3.63, 3.8) is 0 Å². The van der Waals surface area contributed by atoms with Gasteiger partial charge in [-0.15, -0.1) is 10.2 Å². The summed E-state index contributed by atoms with van der Waals surface area (Å²) in [5.74, 6) is -0.457. The zero-order valence-corrected chi connectivity index (χ0v) is 12.5. The maximum atomic E-state index is 11.5. The minimum absolute atomic E-state index is 0.232. The highest BCUT2D eigenvalue weighted by atomic mass is 79.9. The zero-order valence-electron chi connectivity index (χ0n) is 10.1. The summed E-state index contributed by atoms with van der Waals surface area (Å²) in [7, 11) is 0. The number of esters is 1. The fourth-order valence-electron chi connectivity index (χ4n) is 1.39. The maximum absolute atomic E-state index is 11.5. The number of halogens is 1. The summed E-state index contributed by atoms with van der Waals surface area (Å²) in [6.07, 6.45) is 0. The van der Waals surface area contributed by atoms with Gasteiger partial charge in [-0.05, 0) is 36.7 Å². The number of carbonyl (C=O) groups excluding carboxylic acids is 1. The minimum Gasteiger partial charge on any atom is -0.461 e. The van der Waals surface area contributed by atoms with E-state index in [1.54, 1.807) is 11.6 Å². The first-order chi connectivity index (χ1) is 8.54. The highest BCUT2D eigenvalue weighted by Gasteiger charge is 2.18. The molecule has 0 spiro atoms. The molecule has 2 rings (SSSR count). The van der Waals surface area contributed by atoms with E-state index < -0.39 is 5.97 Å². The summed E-state index contributed by atoms with van der Waals surface area (Å²) >= 11 is 4.59. The molecule has 2 aromatic heterocycles. The average molecular weight is 331 g/mol. The van der Waals surface area contributed by atoms with Crippen molar-refractivity contribution in [2.24, 2.45) is 0 Å². The van der Waals surface area contributed by atoms with Crippen LogP contribution in [-0.4, -0.2) is 32.6 Å². The Morgan fingerprint density at radius 1 is 1.44 bits per heavy atom. The SMILES string of the molecule is CCOC(=O)c1nnc(-n2nc(C)c(Br)c2C)s1. The molecular formula is C10H11BrN4O2S. The van der Waals surface area contributed by atoms with E-state index in [0.29, 0.717) is 11.7 Å². The highest BCUT2D eigenvalue weighted by Crippen LogP contribution is 2.24. The highest BCUT2D eigenvalue weighted by molar-refractivity contribution is 9.10. The van der Waals surface area contributed by atoms with Crippen molar-refractivity contribution >= 4 is 33.2 Å². The molecule has 0 saturated heterocycles. The molecule has 96 valence electrons. The molecule has 2 heterocycles. The van der Waals surface area contributed by atoms with Crippen LogP contribution in [0.5, 0.6) is 0 Å². The maximum Gasteiger partial charge on any atom is 0.369 e. The first kappa shape index (κ1) is 13.2. The zero-order chi connectivity index (χ0) is 13.3. The molecule has 0 aliphatic heterocycles. The third-order valence-corrected chi connectivity index (χ3v) is 4.28. The topological polar surface area (TPSA) is 69.9 Å². The van der Waals surface area contributed by atoms with E-state index in [1.165, 1.54) is 0 Å². The van der Waals surface area contributed by atoms with Gasteiger partial charge in [-0.2, -0.15) is 5.10 Å². The van der Waals surface area contributed by atoms with Gasteiger partial charge in [0.05, 0.1) is 22.5 Å². The van der Waals surface area contributed by atoms with Crippen LogP contribution in [0, 0.1) is 13.8 Å². The van der Waals surface area contributed by atoms with Gasteiger partial charge in [-0.25, -0.2) is 9.48 Å². The van der Waals surface area contributed by atoms with Crippen molar-refractivity contribution in [2.45, 2.75) is 20.8 Å². The molecular weight excluding hydrogens is 320 g/mol. The third kappa shape index (κ3) is 2.30. The number of hydrogen-bond acceptors (Lipinski definition) is 6. The van der Waals surface area contributed by atoms with Gasteiger partial charge >= 0.3 is 5.97 Å². The van der Waals surface area contributed by atoms with Crippen LogP contribution >= 0.6 is 27.3 Å². The molecule has 8 heteroatoms. The van der Waals surface area contributed by atoms with Crippen LogP contribution in [0.4, 0.5) is 0 Å². The Labute approximate surface area is 116 Å². The van der Waals surface area contributed by atoms with Gasteiger partial charge in [0.2, 0.25) is 10.1 Å². The van der Waals surface area contributed by atoms with Crippen LogP contribution in [0.25, 0.3) is 5.13 Å². The van der Waals surface area contributed by atoms with E-state index in [1.807, 2.05) is 13.8 Å². The van der Waals surface area contributed by atoms with Crippen molar-refractivity contribution in [1.82, 2.24) is 20.0 Å². The van der Waals surface area contributed by atoms with Crippen LogP contribution < -0.4 is 0 Å². The summed E-state index contributed by atoms with van der Waals surface area (Å²) in [6.45, 7) is 5.87. The van der Waals surface area contributed by atoms with Crippen molar-refractivity contribution in [2.75, 3.05) is 6.61 Å². The molecule has 0 atom stereocenters. The Morgan fingerprint density at radius 2 is 2.17 bits per heavy atom. The Kier molecular flexibility index (Phi) is 3.76. The first-order valence-electron chi connectivity index (χ1n) is 5.27. The van der Waals surface area contributed by atoms with Crippen LogP contribution in [0.15, 0.2) is 4.47 Å². The number of nitrogens with zero attached hydrogens (tertiary/aromatic N) is 4. The molecule has 0 bridgehead atoms. The molecule has 6 nitrogen and oxygen atoms in total. The van der Waals surface area contributed by atoms with Gasteiger partial charge in [-0.1, -0.05) is 11.3 Å². The number of carbonyl (C=O) groups is 1. The predicted molar refractivity (Wildman–Crippen MR) is 70.2 cm³/mol. The van der Waals surface area contributed by atoms with Gasteiger partial charge in [0.15, 0.2) is 0 Å². The summed E-state index contributed by atoms with van der Waals surface area (Å²) in [5.41, 5.74) is 1.78. The second kappa shape index (κ2) is 5.15. The normalized spacial score (nSPS) is 10.7. The summed E-state index contributed by atoms with van der Waals surface area (Å²) in [6, 6.07) is 0. The van der Waals surface area contributed by atoms with Crippen LogP contribution in [0.3, 0.4) is 0 Å². The van der Waals surface area contributed by atoms with Gasteiger partial charge in [0.25, 0.3) is 0 Å². The van der Waals surface area contributed by atoms with Crippen molar-refractivity contribution in [1.29, 1.82) is 0 Å². The molecule has 0 N–H and O–H groups in total. The summed E-state index contributed by atoms with van der Waals surface area (Å²) in [5, 5.41) is 12.9. The first-order valence-corrected chi connectivity index (χ1v) is 6.88. The molecule has 0 fully saturated rings. The van der Waals surface area contributed by atoms with Gasteiger partial charge in [0, 0.05) is 0 Å². The largest absolute Gasteiger partial charge is 0.461 e. The number of hydrogen-bond donors (Lipinski definition) is 0. The van der Waals surface area contributed by atoms with E-state index in [2.05, 4.69) is 31.2 Å². The number of aromatic nitrogens is 4. The van der Waals surface area contributed by atoms with Gasteiger partial charge in [-0.3, -0.25) is 0 Å². The molecule has 0 aliphatic rings. The smallest absolute Gasteiger partial charge is 0.369 e. The second-order valence-electron chi connectivity index (χ2n) is 3.51. The minimum atomic E-state index is -0.457. The summed E-state index contributed by atoms with van der Waals surface area (Å²) in [4.78, 5) is 11.5. The number of aryl methyl sites for hydroxylation is 1. The number of rotatable bonds is 3. The lowest BCUT2D eigenvalue weighted by atomic mass is 10.4. The second-order valence-corrected chi connectivity index (χ2v) is 5.26. The van der Waals surface area contributed by atoms with Gasteiger partial charge in [0.1, 0.15) is 0 Å².